The molecule has 0 spiro atoms. The van der Waals surface area contributed by atoms with Crippen molar-refractivity contribution in [2.45, 2.75) is 12.0 Å². The summed E-state index contributed by atoms with van der Waals surface area (Å²) in [6.07, 6.45) is -0.506. The molecule has 18 heavy (non-hydrogen) atoms. The highest BCUT2D eigenvalue weighted by Crippen LogP contribution is 2.09. The van der Waals surface area contributed by atoms with Gasteiger partial charge in [0.1, 0.15) is 0 Å². The molecule has 0 aliphatic heterocycles. The summed E-state index contributed by atoms with van der Waals surface area (Å²) in [4.78, 5) is 10.8. The molecule has 0 aliphatic rings. The Morgan fingerprint density at radius 1 is 1.39 bits per heavy atom. The Morgan fingerprint density at radius 2 is 2.06 bits per heavy atom. The average Bonchev–Trinajstić information content (AvgIpc) is 2.36. The fraction of sp³-hybridized carbons (Fsp3) is 0.417. The van der Waals surface area contributed by atoms with Crippen molar-refractivity contribution in [2.24, 2.45) is 0 Å². The summed E-state index contributed by atoms with van der Waals surface area (Å²) >= 11 is 0. The Balaban J connectivity index is 2.64. The molecule has 6 heteroatoms. The molecule has 1 unspecified atom stereocenters. The lowest BCUT2D eigenvalue weighted by atomic mass is 10.1. The minimum Gasteiger partial charge on any atom is -0.478 e. The largest absolute Gasteiger partial charge is 0.478 e. The van der Waals surface area contributed by atoms with Crippen molar-refractivity contribution in [3.05, 3.63) is 35.4 Å². The molecule has 0 saturated heterocycles. The van der Waals surface area contributed by atoms with Crippen LogP contribution in [0.5, 0.6) is 0 Å². The van der Waals surface area contributed by atoms with Crippen molar-refractivity contribution in [1.82, 2.24) is 0 Å². The zero-order valence-electron chi connectivity index (χ0n) is 10.3. The van der Waals surface area contributed by atoms with E-state index in [9.17, 15) is 9.00 Å². The molecule has 0 saturated carbocycles. The molecule has 0 aromatic heterocycles. The van der Waals surface area contributed by atoms with E-state index in [1.807, 2.05) is 0 Å². The van der Waals surface area contributed by atoms with E-state index in [2.05, 4.69) is 0 Å². The first kappa shape index (κ1) is 14.8. The van der Waals surface area contributed by atoms with Crippen LogP contribution in [0.4, 0.5) is 0 Å². The van der Waals surface area contributed by atoms with Crippen molar-refractivity contribution in [3.8, 4) is 0 Å². The van der Waals surface area contributed by atoms with Gasteiger partial charge < -0.3 is 14.6 Å². The highest BCUT2D eigenvalue weighted by molar-refractivity contribution is 7.84. The third-order valence-electron chi connectivity index (χ3n) is 2.35. The number of carboxylic acids is 1. The number of hydrogen-bond donors (Lipinski definition) is 1. The third kappa shape index (κ3) is 4.56. The summed E-state index contributed by atoms with van der Waals surface area (Å²) in [7, 11) is 1.80. The van der Waals surface area contributed by atoms with Crippen LogP contribution >= 0.6 is 0 Å². The monoisotopic (exact) mass is 272 g/mol. The Labute approximate surface area is 108 Å². The minimum absolute atomic E-state index is 0.194. The first-order valence-electron chi connectivity index (χ1n) is 5.29. The molecule has 0 radical (unpaired) electrons. The predicted octanol–water partition coefficient (Wildman–Crippen LogP) is 1.25. The van der Waals surface area contributed by atoms with Crippen LogP contribution in [0, 0.1) is 0 Å². The van der Waals surface area contributed by atoms with E-state index in [1.165, 1.54) is 26.4 Å². The number of hydrogen-bond acceptors (Lipinski definition) is 4. The van der Waals surface area contributed by atoms with Crippen LogP contribution in [0.2, 0.25) is 0 Å². The van der Waals surface area contributed by atoms with Gasteiger partial charge in [-0.1, -0.05) is 12.1 Å². The summed E-state index contributed by atoms with van der Waals surface area (Å²) in [5.41, 5.74) is 0.915. The first-order valence-corrected chi connectivity index (χ1v) is 6.78. The van der Waals surface area contributed by atoms with E-state index in [0.717, 1.165) is 5.56 Å². The van der Waals surface area contributed by atoms with E-state index in [4.69, 9.17) is 14.6 Å². The van der Waals surface area contributed by atoms with Gasteiger partial charge in [-0.15, -0.1) is 0 Å². The second kappa shape index (κ2) is 7.25. The molecule has 0 bridgehead atoms. The molecule has 1 aromatic carbocycles. The quantitative estimate of drug-likeness (QED) is 0.756. The van der Waals surface area contributed by atoms with E-state index < -0.39 is 23.1 Å². The second-order valence-corrected chi connectivity index (χ2v) is 5.16. The summed E-state index contributed by atoms with van der Waals surface area (Å²) < 4.78 is 21.7. The molecule has 100 valence electrons. The molecule has 0 fully saturated rings. The van der Waals surface area contributed by atoms with Crippen LogP contribution < -0.4 is 0 Å². The lowest BCUT2D eigenvalue weighted by Gasteiger charge is -2.12. The number of methoxy groups -OCH3 is 2. The molecule has 5 nitrogen and oxygen atoms in total. The van der Waals surface area contributed by atoms with Crippen molar-refractivity contribution in [1.29, 1.82) is 0 Å². The van der Waals surface area contributed by atoms with Crippen LogP contribution in [0.3, 0.4) is 0 Å². The summed E-state index contributed by atoms with van der Waals surface area (Å²) in [6.45, 7) is 0. The van der Waals surface area contributed by atoms with E-state index >= 15 is 0 Å². The highest BCUT2D eigenvalue weighted by atomic mass is 32.2. The molecular weight excluding hydrogens is 256 g/mol. The lowest BCUT2D eigenvalue weighted by Crippen LogP contribution is -2.22. The van der Waals surface area contributed by atoms with Gasteiger partial charge in [-0.25, -0.2) is 4.79 Å². The number of ether oxygens (including phenoxy) is 2. The highest BCUT2D eigenvalue weighted by Gasteiger charge is 2.12. The van der Waals surface area contributed by atoms with Crippen molar-refractivity contribution >= 4 is 16.8 Å². The first-order chi connectivity index (χ1) is 8.56. The molecule has 1 rings (SSSR count). The van der Waals surface area contributed by atoms with Crippen LogP contribution in [-0.4, -0.2) is 41.5 Å². The predicted molar refractivity (Wildman–Crippen MR) is 67.9 cm³/mol. The number of carbonyl (C=O) groups is 1. The molecular formula is C12H16O5S. The van der Waals surface area contributed by atoms with Gasteiger partial charge in [0.2, 0.25) is 0 Å². The molecule has 0 amide bonds. The maximum atomic E-state index is 11.8. The van der Waals surface area contributed by atoms with Gasteiger partial charge >= 0.3 is 5.97 Å². The Bertz CT molecular complexity index is 428. The van der Waals surface area contributed by atoms with Crippen molar-refractivity contribution in [3.63, 3.8) is 0 Å². The Kier molecular flexibility index (Phi) is 5.97. The summed E-state index contributed by atoms with van der Waals surface area (Å²) in [6, 6.07) is 6.41. The van der Waals surface area contributed by atoms with Crippen molar-refractivity contribution in [2.75, 3.05) is 20.0 Å². The third-order valence-corrected chi connectivity index (χ3v) is 3.65. The Hall–Kier alpha value is -1.24. The van der Waals surface area contributed by atoms with E-state index in [0.29, 0.717) is 0 Å². The smallest absolute Gasteiger partial charge is 0.335 e. The maximum absolute atomic E-state index is 11.8. The Morgan fingerprint density at radius 3 is 2.61 bits per heavy atom. The second-order valence-electron chi connectivity index (χ2n) is 3.66. The van der Waals surface area contributed by atoms with Crippen molar-refractivity contribution < 1.29 is 23.6 Å². The van der Waals surface area contributed by atoms with E-state index in [-0.39, 0.29) is 17.1 Å². The zero-order chi connectivity index (χ0) is 13.5. The van der Waals surface area contributed by atoms with Gasteiger partial charge in [0, 0.05) is 30.8 Å². The van der Waals surface area contributed by atoms with Crippen LogP contribution in [0.15, 0.2) is 24.3 Å². The summed E-state index contributed by atoms with van der Waals surface area (Å²) in [5.74, 6) is -0.455. The average molecular weight is 272 g/mol. The van der Waals surface area contributed by atoms with Gasteiger partial charge in [0.15, 0.2) is 6.29 Å². The van der Waals surface area contributed by atoms with E-state index in [1.54, 1.807) is 12.1 Å². The normalized spacial score (nSPS) is 12.6. The van der Waals surface area contributed by atoms with Gasteiger partial charge in [-0.2, -0.15) is 0 Å². The summed E-state index contributed by atoms with van der Waals surface area (Å²) in [5, 5.41) is 8.85. The fourth-order valence-electron chi connectivity index (χ4n) is 1.42. The van der Waals surface area contributed by atoms with Gasteiger partial charge in [-0.05, 0) is 17.7 Å². The zero-order valence-corrected chi connectivity index (χ0v) is 11.1. The van der Waals surface area contributed by atoms with Gasteiger partial charge in [0.05, 0.1) is 11.3 Å². The van der Waals surface area contributed by atoms with Crippen LogP contribution in [0.1, 0.15) is 15.9 Å². The van der Waals surface area contributed by atoms with Crippen LogP contribution in [-0.2, 0) is 26.0 Å². The molecule has 1 N–H and O–H groups in total. The molecule has 0 aliphatic carbocycles. The SMILES string of the molecule is COC(CS(=O)Cc1cccc(C(=O)O)c1)OC. The minimum atomic E-state index is -1.17. The standard InChI is InChI=1S/C12H16O5S/c1-16-11(17-2)8-18(15)7-9-4-3-5-10(6-9)12(13)14/h3-6,11H,7-8H2,1-2H3,(H,13,14). The molecule has 1 aromatic rings. The van der Waals surface area contributed by atoms with Crippen LogP contribution in [0.25, 0.3) is 0 Å². The number of carboxylic acid groups (broad SMARTS) is 1. The number of benzene rings is 1. The fourth-order valence-corrected chi connectivity index (χ4v) is 2.67. The van der Waals surface area contributed by atoms with Gasteiger partial charge in [-0.3, -0.25) is 4.21 Å². The topological polar surface area (TPSA) is 72.8 Å². The number of aromatic carboxylic acids is 1. The maximum Gasteiger partial charge on any atom is 0.335 e. The lowest BCUT2D eigenvalue weighted by molar-refractivity contribution is -0.0847. The van der Waals surface area contributed by atoms with Gasteiger partial charge in [0.25, 0.3) is 0 Å². The number of rotatable bonds is 7. The molecule has 1 atom stereocenters. The molecule has 0 heterocycles.